The molecule has 0 aliphatic heterocycles. The van der Waals surface area contributed by atoms with Crippen LogP contribution in [-0.4, -0.2) is 4.92 Å². The van der Waals surface area contributed by atoms with Gasteiger partial charge in [0.05, 0.1) is 10.6 Å². The summed E-state index contributed by atoms with van der Waals surface area (Å²) in [4.78, 5) is 9.31. The monoisotopic (exact) mass is 189 g/mol. The summed E-state index contributed by atoms with van der Waals surface area (Å²) in [7, 11) is 0. The molecule has 0 saturated heterocycles. The molecule has 0 saturated carbocycles. The Balaban J connectivity index is 3.04. The van der Waals surface area contributed by atoms with E-state index < -0.39 is 16.4 Å². The summed E-state index contributed by atoms with van der Waals surface area (Å²) in [6.07, 6.45) is 0. The molecular weight excluding hydrogens is 184 g/mol. The van der Waals surface area contributed by atoms with E-state index in [-0.39, 0.29) is 5.69 Å². The Kier molecular flexibility index (Phi) is 2.70. The molecular formula is C6H5F2N3O2. The van der Waals surface area contributed by atoms with Crippen molar-refractivity contribution in [1.29, 1.82) is 0 Å². The molecule has 0 atom stereocenters. The highest BCUT2D eigenvalue weighted by molar-refractivity contribution is 5.50. The minimum absolute atomic E-state index is 0.0654. The average Bonchev–Trinajstić information content (AvgIpc) is 2.08. The number of hydrogen-bond donors (Lipinski definition) is 2. The van der Waals surface area contributed by atoms with Crippen molar-refractivity contribution in [1.82, 2.24) is 5.65 Å². The van der Waals surface area contributed by atoms with Gasteiger partial charge in [-0.2, -0.15) is 4.39 Å². The van der Waals surface area contributed by atoms with Gasteiger partial charge in [-0.3, -0.25) is 15.5 Å². The van der Waals surface area contributed by atoms with Crippen LogP contribution in [0.25, 0.3) is 0 Å². The molecule has 0 fully saturated rings. The largest absolute Gasteiger partial charge is 0.306 e. The molecule has 0 radical (unpaired) electrons. The van der Waals surface area contributed by atoms with Gasteiger partial charge in [-0.05, 0) is 12.1 Å². The van der Waals surface area contributed by atoms with E-state index in [2.05, 4.69) is 0 Å². The van der Waals surface area contributed by atoms with Crippen LogP contribution in [0.5, 0.6) is 0 Å². The average molecular weight is 189 g/mol. The number of nitro benzene ring substituents is 1. The molecule has 0 amide bonds. The summed E-state index contributed by atoms with van der Waals surface area (Å²) >= 11 is 0. The number of nitrogens with one attached hydrogen (secondary N) is 2. The number of rotatable bonds is 3. The second-order valence-corrected chi connectivity index (χ2v) is 2.14. The summed E-state index contributed by atoms with van der Waals surface area (Å²) in [5, 5.41) is 10.2. The van der Waals surface area contributed by atoms with E-state index in [9.17, 15) is 19.0 Å². The number of anilines is 1. The zero-order valence-electron chi connectivity index (χ0n) is 6.25. The zero-order valence-corrected chi connectivity index (χ0v) is 6.25. The van der Waals surface area contributed by atoms with Crippen LogP contribution in [-0.2, 0) is 0 Å². The van der Waals surface area contributed by atoms with Crippen molar-refractivity contribution in [2.45, 2.75) is 0 Å². The number of benzene rings is 1. The maximum Gasteiger partial charge on any atom is 0.306 e. The fourth-order valence-corrected chi connectivity index (χ4v) is 0.785. The minimum atomic E-state index is -0.964. The van der Waals surface area contributed by atoms with Crippen molar-refractivity contribution in [2.75, 3.05) is 5.43 Å². The molecule has 1 aromatic carbocycles. The normalized spacial score (nSPS) is 9.69. The third kappa shape index (κ3) is 2.09. The number of nitro groups is 1. The van der Waals surface area contributed by atoms with Crippen molar-refractivity contribution < 1.29 is 13.8 Å². The highest BCUT2D eigenvalue weighted by Gasteiger charge is 2.13. The minimum Gasteiger partial charge on any atom is -0.294 e. The van der Waals surface area contributed by atoms with Gasteiger partial charge in [-0.25, -0.2) is 0 Å². The van der Waals surface area contributed by atoms with Crippen molar-refractivity contribution in [3.8, 4) is 0 Å². The summed E-state index contributed by atoms with van der Waals surface area (Å²) < 4.78 is 24.2. The Morgan fingerprint density at radius 2 is 2.15 bits per heavy atom. The molecule has 2 N–H and O–H groups in total. The molecule has 7 heteroatoms. The molecule has 1 rings (SSSR count). The maximum absolute atomic E-state index is 12.7. The Bertz CT molecular complexity index is 332. The lowest BCUT2D eigenvalue weighted by molar-refractivity contribution is -0.387. The molecule has 0 aromatic heterocycles. The first-order valence-corrected chi connectivity index (χ1v) is 3.20. The van der Waals surface area contributed by atoms with Crippen LogP contribution >= 0.6 is 0 Å². The summed E-state index contributed by atoms with van der Waals surface area (Å²) in [6, 6.07) is 2.91. The number of hydrogen-bond acceptors (Lipinski definition) is 4. The van der Waals surface area contributed by atoms with Gasteiger partial charge >= 0.3 is 5.69 Å². The zero-order chi connectivity index (χ0) is 9.84. The molecule has 0 heterocycles. The third-order valence-electron chi connectivity index (χ3n) is 1.33. The lowest BCUT2D eigenvalue weighted by Crippen LogP contribution is -2.10. The molecule has 0 aliphatic carbocycles. The Hall–Kier alpha value is -1.76. The van der Waals surface area contributed by atoms with E-state index in [0.717, 1.165) is 23.8 Å². The van der Waals surface area contributed by atoms with E-state index in [1.165, 1.54) is 0 Å². The smallest absolute Gasteiger partial charge is 0.294 e. The van der Waals surface area contributed by atoms with E-state index >= 15 is 0 Å². The van der Waals surface area contributed by atoms with E-state index in [1.54, 1.807) is 0 Å². The highest BCUT2D eigenvalue weighted by Crippen LogP contribution is 2.20. The molecule has 13 heavy (non-hydrogen) atoms. The van der Waals surface area contributed by atoms with Crippen LogP contribution in [0.3, 0.4) is 0 Å². The van der Waals surface area contributed by atoms with E-state index in [0.29, 0.717) is 0 Å². The molecule has 5 nitrogen and oxygen atoms in total. The SMILES string of the molecule is O=[N+]([O-])c1cc(NNF)ccc1F. The highest BCUT2D eigenvalue weighted by atomic mass is 19.2. The Labute approximate surface area is 71.4 Å². The fraction of sp³-hybridized carbons (Fsp3) is 0. The number of nitrogens with zero attached hydrogens (tertiary/aromatic N) is 1. The van der Waals surface area contributed by atoms with Crippen LogP contribution in [0.15, 0.2) is 18.2 Å². The van der Waals surface area contributed by atoms with Gasteiger partial charge in [0.2, 0.25) is 5.82 Å². The van der Waals surface area contributed by atoms with Gasteiger partial charge in [0.1, 0.15) is 0 Å². The maximum atomic E-state index is 12.7. The van der Waals surface area contributed by atoms with Crippen molar-refractivity contribution in [3.63, 3.8) is 0 Å². The van der Waals surface area contributed by atoms with Crippen LogP contribution in [0.1, 0.15) is 0 Å². The fourth-order valence-electron chi connectivity index (χ4n) is 0.785. The van der Waals surface area contributed by atoms with Crippen molar-refractivity contribution >= 4 is 11.4 Å². The van der Waals surface area contributed by atoms with Gasteiger partial charge in [0.15, 0.2) is 0 Å². The molecule has 0 aliphatic rings. The topological polar surface area (TPSA) is 67.2 Å². The first-order chi connectivity index (χ1) is 6.15. The third-order valence-corrected chi connectivity index (χ3v) is 1.33. The van der Waals surface area contributed by atoms with Crippen LogP contribution in [0.4, 0.5) is 20.2 Å². The molecule has 0 bridgehead atoms. The van der Waals surface area contributed by atoms with E-state index in [4.69, 9.17) is 0 Å². The second kappa shape index (κ2) is 3.76. The van der Waals surface area contributed by atoms with Gasteiger partial charge < -0.3 is 0 Å². The van der Waals surface area contributed by atoms with Gasteiger partial charge in [0.25, 0.3) is 0 Å². The predicted molar refractivity (Wildman–Crippen MR) is 40.9 cm³/mol. The Morgan fingerprint density at radius 3 is 2.69 bits per heavy atom. The standard InChI is InChI=1S/C6H5F2N3O2/c7-5-2-1-4(9-10-8)3-6(5)11(12)13/h1-3,9-10H. The molecule has 1 aromatic rings. The first kappa shape index (κ1) is 9.33. The summed E-state index contributed by atoms with van der Waals surface area (Å²) in [6.45, 7) is 0. The van der Waals surface area contributed by atoms with Gasteiger partial charge in [-0.15, -0.1) is 4.48 Å². The second-order valence-electron chi connectivity index (χ2n) is 2.14. The first-order valence-electron chi connectivity index (χ1n) is 3.20. The van der Waals surface area contributed by atoms with Crippen LogP contribution < -0.4 is 11.1 Å². The quantitative estimate of drug-likeness (QED) is 0.430. The lowest BCUT2D eigenvalue weighted by Gasteiger charge is -2.00. The molecule has 0 unspecified atom stereocenters. The van der Waals surface area contributed by atoms with Gasteiger partial charge in [-0.1, -0.05) is 5.65 Å². The lowest BCUT2D eigenvalue weighted by atomic mass is 10.3. The van der Waals surface area contributed by atoms with Gasteiger partial charge in [0, 0.05) is 6.07 Å². The number of halogens is 2. The summed E-state index contributed by atoms with van der Waals surface area (Å²) in [5.74, 6) is -0.964. The van der Waals surface area contributed by atoms with Crippen LogP contribution in [0, 0.1) is 15.9 Å². The Morgan fingerprint density at radius 1 is 1.46 bits per heavy atom. The molecule has 0 spiro atoms. The predicted octanol–water partition coefficient (Wildman–Crippen LogP) is 1.53. The van der Waals surface area contributed by atoms with Crippen molar-refractivity contribution in [3.05, 3.63) is 34.1 Å². The molecule has 70 valence electrons. The number of hydrazine groups is 1. The van der Waals surface area contributed by atoms with Crippen molar-refractivity contribution in [2.24, 2.45) is 0 Å². The van der Waals surface area contributed by atoms with Crippen LogP contribution in [0.2, 0.25) is 0 Å². The summed E-state index contributed by atoms with van der Waals surface area (Å²) in [5.41, 5.74) is 2.37. The van der Waals surface area contributed by atoms with E-state index in [1.807, 2.05) is 5.43 Å².